The summed E-state index contributed by atoms with van der Waals surface area (Å²) in [5.74, 6) is -0.512. The maximum absolute atomic E-state index is 11.3. The second kappa shape index (κ2) is 4.89. The molecule has 0 aliphatic heterocycles. The number of hydrogen-bond donors (Lipinski definition) is 1. The lowest BCUT2D eigenvalue weighted by Crippen LogP contribution is -2.15. The second-order valence-corrected chi connectivity index (χ2v) is 3.58. The number of aromatic nitrogens is 1. The molecule has 1 amide bonds. The van der Waals surface area contributed by atoms with E-state index in [9.17, 15) is 9.59 Å². The van der Waals surface area contributed by atoms with Gasteiger partial charge >= 0.3 is 0 Å². The highest BCUT2D eigenvalue weighted by molar-refractivity contribution is 6.29. The average Bonchev–Trinajstić information content (AvgIpc) is 2.08. The van der Waals surface area contributed by atoms with Crippen LogP contribution in [0.15, 0.2) is 12.1 Å². The normalized spacial score (nSPS) is 9.80. The first-order valence-corrected chi connectivity index (χ1v) is 4.79. The van der Waals surface area contributed by atoms with E-state index in [2.05, 4.69) is 10.3 Å². The first-order chi connectivity index (χ1) is 6.99. The lowest BCUT2D eigenvalue weighted by molar-refractivity contribution is -0.124. The molecule has 1 heterocycles. The Balaban J connectivity index is 2.72. The molecule has 0 saturated carbocycles. The minimum absolute atomic E-state index is 0.123. The van der Waals surface area contributed by atoms with Gasteiger partial charge in [-0.05, 0) is 26.0 Å². The minimum atomic E-state index is -0.338. The molecule has 0 radical (unpaired) electrons. The quantitative estimate of drug-likeness (QED) is 0.633. The minimum Gasteiger partial charge on any atom is -0.324 e. The Morgan fingerprint density at radius 3 is 2.67 bits per heavy atom. The number of hydrogen-bond acceptors (Lipinski definition) is 3. The van der Waals surface area contributed by atoms with Crippen molar-refractivity contribution >= 4 is 29.0 Å². The summed E-state index contributed by atoms with van der Waals surface area (Å²) in [6, 6.07) is 3.24. The molecule has 1 N–H and O–H groups in total. The highest BCUT2D eigenvalue weighted by Gasteiger charge is 2.07. The van der Waals surface area contributed by atoms with Crippen molar-refractivity contribution in [2.24, 2.45) is 0 Å². The third-order valence-electron chi connectivity index (χ3n) is 1.74. The Kier molecular flexibility index (Phi) is 3.80. The third kappa shape index (κ3) is 3.67. The number of halogens is 1. The summed E-state index contributed by atoms with van der Waals surface area (Å²) in [6.45, 7) is 3.10. The molecule has 0 atom stereocenters. The molecule has 0 unspecified atom stereocenters. The van der Waals surface area contributed by atoms with E-state index in [1.807, 2.05) is 0 Å². The fraction of sp³-hybridized carbons (Fsp3) is 0.300. The van der Waals surface area contributed by atoms with Crippen LogP contribution in [0.1, 0.15) is 19.0 Å². The van der Waals surface area contributed by atoms with E-state index in [1.54, 1.807) is 19.1 Å². The Morgan fingerprint density at radius 2 is 2.13 bits per heavy atom. The molecule has 0 aromatic carbocycles. The third-order valence-corrected chi connectivity index (χ3v) is 1.95. The number of Topliss-reactive ketones (excluding diaryl/α,β-unsaturated/α-hetero) is 1. The van der Waals surface area contributed by atoms with Gasteiger partial charge in [-0.3, -0.25) is 9.59 Å². The number of nitrogens with one attached hydrogen (secondary N) is 1. The molecule has 0 saturated heterocycles. The number of ketones is 1. The van der Waals surface area contributed by atoms with Crippen molar-refractivity contribution in [1.29, 1.82) is 0 Å². The summed E-state index contributed by atoms with van der Waals surface area (Å²) in [7, 11) is 0. The molecule has 15 heavy (non-hydrogen) atoms. The molecule has 0 fully saturated rings. The molecule has 80 valence electrons. The van der Waals surface area contributed by atoms with Crippen LogP contribution in [0.25, 0.3) is 0 Å². The number of carbonyl (C=O) groups is 2. The van der Waals surface area contributed by atoms with Crippen LogP contribution >= 0.6 is 11.6 Å². The Hall–Kier alpha value is -1.42. The van der Waals surface area contributed by atoms with E-state index in [-0.39, 0.29) is 18.1 Å². The molecule has 4 nitrogen and oxygen atoms in total. The number of pyridine rings is 1. The van der Waals surface area contributed by atoms with Crippen molar-refractivity contribution in [2.45, 2.75) is 20.3 Å². The smallest absolute Gasteiger partial charge is 0.231 e. The van der Waals surface area contributed by atoms with E-state index in [0.29, 0.717) is 16.5 Å². The Bertz CT molecular complexity index is 404. The number of amides is 1. The molecule has 1 rings (SSSR count). The van der Waals surface area contributed by atoms with Gasteiger partial charge < -0.3 is 5.32 Å². The zero-order chi connectivity index (χ0) is 11.4. The summed E-state index contributed by atoms with van der Waals surface area (Å²) in [5, 5.41) is 2.96. The van der Waals surface area contributed by atoms with E-state index in [1.165, 1.54) is 6.92 Å². The van der Waals surface area contributed by atoms with Crippen LogP contribution < -0.4 is 5.32 Å². The van der Waals surface area contributed by atoms with Gasteiger partial charge in [-0.1, -0.05) is 11.6 Å². The van der Waals surface area contributed by atoms with Crippen LogP contribution in [0.4, 0.5) is 5.69 Å². The molecule has 0 spiro atoms. The Labute approximate surface area is 92.7 Å². The summed E-state index contributed by atoms with van der Waals surface area (Å²) < 4.78 is 0. The summed E-state index contributed by atoms with van der Waals surface area (Å²) in [4.78, 5) is 25.9. The number of rotatable bonds is 3. The monoisotopic (exact) mass is 226 g/mol. The lowest BCUT2D eigenvalue weighted by atomic mass is 10.2. The topological polar surface area (TPSA) is 59.1 Å². The van der Waals surface area contributed by atoms with Gasteiger partial charge in [0.2, 0.25) is 5.91 Å². The zero-order valence-electron chi connectivity index (χ0n) is 8.50. The molecule has 5 heteroatoms. The van der Waals surface area contributed by atoms with Gasteiger partial charge in [-0.25, -0.2) is 4.98 Å². The van der Waals surface area contributed by atoms with Gasteiger partial charge in [0.05, 0.1) is 17.8 Å². The van der Waals surface area contributed by atoms with Crippen LogP contribution in [-0.2, 0) is 9.59 Å². The standard InChI is InChI=1S/C10H11ClN2O2/c1-6(14)5-10(15)13-8-3-4-9(11)12-7(8)2/h3-4H,5H2,1-2H3,(H,13,15). The van der Waals surface area contributed by atoms with E-state index < -0.39 is 0 Å². The van der Waals surface area contributed by atoms with Crippen LogP contribution in [0.5, 0.6) is 0 Å². The molecule has 1 aromatic heterocycles. The van der Waals surface area contributed by atoms with Crippen LogP contribution in [0.3, 0.4) is 0 Å². The SMILES string of the molecule is CC(=O)CC(=O)Nc1ccc(Cl)nc1C. The van der Waals surface area contributed by atoms with Gasteiger partial charge in [-0.2, -0.15) is 0 Å². The predicted molar refractivity (Wildman–Crippen MR) is 57.9 cm³/mol. The number of anilines is 1. The van der Waals surface area contributed by atoms with Crippen LogP contribution in [0, 0.1) is 6.92 Å². The van der Waals surface area contributed by atoms with E-state index >= 15 is 0 Å². The number of aryl methyl sites for hydroxylation is 1. The average molecular weight is 227 g/mol. The maximum Gasteiger partial charge on any atom is 0.231 e. The lowest BCUT2D eigenvalue weighted by Gasteiger charge is -2.06. The van der Waals surface area contributed by atoms with Crippen molar-refractivity contribution in [3.8, 4) is 0 Å². The van der Waals surface area contributed by atoms with Crippen molar-refractivity contribution in [3.63, 3.8) is 0 Å². The summed E-state index contributed by atoms with van der Waals surface area (Å²) >= 11 is 5.66. The molecular weight excluding hydrogens is 216 g/mol. The van der Waals surface area contributed by atoms with Crippen molar-refractivity contribution < 1.29 is 9.59 Å². The molecule has 0 bridgehead atoms. The van der Waals surface area contributed by atoms with E-state index in [0.717, 1.165) is 0 Å². The molecule has 0 aliphatic rings. The molecule has 0 aliphatic carbocycles. The fourth-order valence-electron chi connectivity index (χ4n) is 1.08. The van der Waals surface area contributed by atoms with Crippen molar-refractivity contribution in [3.05, 3.63) is 23.0 Å². The first-order valence-electron chi connectivity index (χ1n) is 4.41. The fourth-order valence-corrected chi connectivity index (χ4v) is 1.27. The highest BCUT2D eigenvalue weighted by atomic mass is 35.5. The second-order valence-electron chi connectivity index (χ2n) is 3.19. The summed E-state index contributed by atoms with van der Waals surface area (Å²) in [6.07, 6.45) is -0.123. The van der Waals surface area contributed by atoms with Gasteiger partial charge in [-0.15, -0.1) is 0 Å². The van der Waals surface area contributed by atoms with Crippen molar-refractivity contribution in [1.82, 2.24) is 4.98 Å². The van der Waals surface area contributed by atoms with Gasteiger partial charge in [0.15, 0.2) is 0 Å². The van der Waals surface area contributed by atoms with Crippen LogP contribution in [0.2, 0.25) is 5.15 Å². The number of nitrogens with zero attached hydrogens (tertiary/aromatic N) is 1. The maximum atomic E-state index is 11.3. The highest BCUT2D eigenvalue weighted by Crippen LogP contribution is 2.15. The van der Waals surface area contributed by atoms with Gasteiger partial charge in [0.1, 0.15) is 10.9 Å². The summed E-state index contributed by atoms with van der Waals surface area (Å²) in [5.41, 5.74) is 1.20. The number of carbonyl (C=O) groups excluding carboxylic acids is 2. The predicted octanol–water partition coefficient (Wildman–Crippen LogP) is 1.96. The Morgan fingerprint density at radius 1 is 1.47 bits per heavy atom. The molecule has 1 aromatic rings. The van der Waals surface area contributed by atoms with Crippen LogP contribution in [-0.4, -0.2) is 16.7 Å². The van der Waals surface area contributed by atoms with E-state index in [4.69, 9.17) is 11.6 Å². The largest absolute Gasteiger partial charge is 0.324 e. The zero-order valence-corrected chi connectivity index (χ0v) is 9.26. The van der Waals surface area contributed by atoms with Gasteiger partial charge in [0.25, 0.3) is 0 Å². The van der Waals surface area contributed by atoms with Crippen molar-refractivity contribution in [2.75, 3.05) is 5.32 Å². The molecular formula is C10H11ClN2O2. The van der Waals surface area contributed by atoms with Gasteiger partial charge in [0, 0.05) is 0 Å². The first kappa shape index (κ1) is 11.7.